The van der Waals surface area contributed by atoms with Crippen LogP contribution in [-0.2, 0) is 9.59 Å². The molecule has 0 bridgehead atoms. The molecule has 1 unspecified atom stereocenters. The van der Waals surface area contributed by atoms with E-state index >= 15 is 0 Å². The van der Waals surface area contributed by atoms with Crippen LogP contribution in [-0.4, -0.2) is 47.5 Å². The number of methoxy groups -OCH3 is 1. The van der Waals surface area contributed by atoms with Gasteiger partial charge in [-0.1, -0.05) is 23.4 Å². The molecule has 2 heterocycles. The van der Waals surface area contributed by atoms with Crippen molar-refractivity contribution in [3.63, 3.8) is 0 Å². The third-order valence-electron chi connectivity index (χ3n) is 4.82. The smallest absolute Gasteiger partial charge is 0.276 e. The number of carbonyl (C=O) groups is 2. The van der Waals surface area contributed by atoms with Crippen LogP contribution in [0, 0.1) is 0 Å². The Hall–Kier alpha value is -3.37. The van der Waals surface area contributed by atoms with Gasteiger partial charge in [-0.25, -0.2) is 0 Å². The fourth-order valence-electron chi connectivity index (χ4n) is 3.30. The molecular formula is C22H22ClN5O4S. The number of nitrogens with one attached hydrogen (secondary N) is 2. The van der Waals surface area contributed by atoms with E-state index in [-0.39, 0.29) is 17.6 Å². The van der Waals surface area contributed by atoms with Crippen LogP contribution in [0.15, 0.2) is 60.0 Å². The molecule has 4 rings (SSSR count). The molecule has 0 radical (unpaired) electrons. The molecule has 1 atom stereocenters. The number of ether oxygens (including phenoxy) is 2. The third-order valence-corrected chi connectivity index (χ3v) is 6.03. The number of benzene rings is 2. The van der Waals surface area contributed by atoms with E-state index in [0.29, 0.717) is 28.2 Å². The molecule has 0 aliphatic carbocycles. The van der Waals surface area contributed by atoms with Crippen LogP contribution in [0.25, 0.3) is 0 Å². The number of hydrogen-bond donors (Lipinski definition) is 2. The van der Waals surface area contributed by atoms with Crippen molar-refractivity contribution in [2.75, 3.05) is 29.7 Å². The molecule has 2 amide bonds. The Morgan fingerprint density at radius 3 is 2.76 bits per heavy atom. The highest BCUT2D eigenvalue weighted by molar-refractivity contribution is 8.14. The molecule has 2 N–H and O–H groups in total. The SMILES string of the molecule is CCOc1ccc(N2C=CN3C(SCC(=O)Nc4cc(Cl)ccc4OC)=NNC3C2=O)cc1. The van der Waals surface area contributed by atoms with E-state index in [0.717, 1.165) is 11.4 Å². The van der Waals surface area contributed by atoms with Crippen molar-refractivity contribution >= 4 is 51.7 Å². The number of nitrogens with zero attached hydrogens (tertiary/aromatic N) is 3. The van der Waals surface area contributed by atoms with Gasteiger partial charge in [0.15, 0.2) is 5.17 Å². The topological polar surface area (TPSA) is 95.5 Å². The first kappa shape index (κ1) is 22.8. The van der Waals surface area contributed by atoms with E-state index < -0.39 is 6.17 Å². The van der Waals surface area contributed by atoms with E-state index in [9.17, 15) is 9.59 Å². The molecule has 0 saturated carbocycles. The molecule has 33 heavy (non-hydrogen) atoms. The minimum Gasteiger partial charge on any atom is -0.495 e. The van der Waals surface area contributed by atoms with Crippen LogP contribution in [0.3, 0.4) is 0 Å². The molecule has 2 aromatic carbocycles. The van der Waals surface area contributed by atoms with E-state index in [1.165, 1.54) is 18.9 Å². The Balaban J connectivity index is 1.37. The second kappa shape index (κ2) is 10.1. The maximum absolute atomic E-state index is 13.0. The molecule has 2 aliphatic heterocycles. The molecule has 11 heteroatoms. The van der Waals surface area contributed by atoms with E-state index in [1.807, 2.05) is 31.2 Å². The summed E-state index contributed by atoms with van der Waals surface area (Å²) < 4.78 is 10.7. The first-order valence-corrected chi connectivity index (χ1v) is 11.5. The second-order valence-corrected chi connectivity index (χ2v) is 8.33. The zero-order valence-electron chi connectivity index (χ0n) is 17.9. The summed E-state index contributed by atoms with van der Waals surface area (Å²) in [5.41, 5.74) is 4.05. The predicted octanol–water partition coefficient (Wildman–Crippen LogP) is 3.44. The van der Waals surface area contributed by atoms with Gasteiger partial charge in [-0.15, -0.1) is 0 Å². The van der Waals surface area contributed by atoms with Gasteiger partial charge in [0.05, 0.1) is 25.2 Å². The number of hydrogen-bond acceptors (Lipinski definition) is 8. The maximum atomic E-state index is 13.0. The van der Waals surface area contributed by atoms with Gasteiger partial charge in [-0.2, -0.15) is 5.10 Å². The van der Waals surface area contributed by atoms with Crippen molar-refractivity contribution in [2.45, 2.75) is 13.1 Å². The first-order chi connectivity index (χ1) is 16.0. The van der Waals surface area contributed by atoms with Crippen LogP contribution in [0.1, 0.15) is 6.92 Å². The molecule has 0 aromatic heterocycles. The van der Waals surface area contributed by atoms with Crippen molar-refractivity contribution in [2.24, 2.45) is 5.10 Å². The molecule has 2 aliphatic rings. The lowest BCUT2D eigenvalue weighted by atomic mass is 10.2. The van der Waals surface area contributed by atoms with Crippen LogP contribution < -0.4 is 25.1 Å². The monoisotopic (exact) mass is 487 g/mol. The van der Waals surface area contributed by atoms with Gasteiger partial charge in [-0.05, 0) is 49.4 Å². The van der Waals surface area contributed by atoms with Gasteiger partial charge >= 0.3 is 0 Å². The average Bonchev–Trinajstić information content (AvgIpc) is 3.23. The summed E-state index contributed by atoms with van der Waals surface area (Å²) in [5.74, 6) is 0.899. The van der Waals surface area contributed by atoms with Gasteiger partial charge < -0.3 is 14.8 Å². The average molecular weight is 488 g/mol. The summed E-state index contributed by atoms with van der Waals surface area (Å²) in [6, 6.07) is 12.3. The van der Waals surface area contributed by atoms with Gasteiger partial charge in [0.1, 0.15) is 11.5 Å². The number of thioether (sulfide) groups is 1. The number of halogens is 1. The number of hydrazone groups is 1. The zero-order chi connectivity index (χ0) is 23.4. The van der Waals surface area contributed by atoms with Crippen molar-refractivity contribution in [1.82, 2.24) is 10.3 Å². The third kappa shape index (κ3) is 5.01. The van der Waals surface area contributed by atoms with Crippen LogP contribution in [0.5, 0.6) is 11.5 Å². The molecule has 9 nitrogen and oxygen atoms in total. The maximum Gasteiger partial charge on any atom is 0.276 e. The van der Waals surface area contributed by atoms with E-state index in [4.69, 9.17) is 21.1 Å². The summed E-state index contributed by atoms with van der Waals surface area (Å²) in [5, 5.41) is 8.02. The Morgan fingerprint density at radius 1 is 1.24 bits per heavy atom. The Kier molecular flexibility index (Phi) is 6.95. The minimum atomic E-state index is -0.680. The minimum absolute atomic E-state index is 0.0873. The molecule has 0 saturated heterocycles. The van der Waals surface area contributed by atoms with Crippen molar-refractivity contribution < 1.29 is 19.1 Å². The Bertz CT molecular complexity index is 1110. The van der Waals surface area contributed by atoms with Crippen molar-refractivity contribution in [3.8, 4) is 11.5 Å². The lowest BCUT2D eigenvalue weighted by molar-refractivity contribution is -0.122. The highest BCUT2D eigenvalue weighted by Crippen LogP contribution is 2.29. The highest BCUT2D eigenvalue weighted by Gasteiger charge is 2.38. The summed E-state index contributed by atoms with van der Waals surface area (Å²) in [6.07, 6.45) is 2.75. The lowest BCUT2D eigenvalue weighted by Crippen LogP contribution is -2.52. The normalized spacial score (nSPS) is 16.8. The largest absolute Gasteiger partial charge is 0.495 e. The van der Waals surface area contributed by atoms with Gasteiger partial charge in [0.25, 0.3) is 5.91 Å². The van der Waals surface area contributed by atoms with E-state index in [1.54, 1.807) is 40.4 Å². The number of rotatable bonds is 7. The molecule has 0 spiro atoms. The predicted molar refractivity (Wildman–Crippen MR) is 130 cm³/mol. The lowest BCUT2D eigenvalue weighted by Gasteiger charge is -2.31. The van der Waals surface area contributed by atoms with Crippen LogP contribution in [0.4, 0.5) is 11.4 Å². The quantitative estimate of drug-likeness (QED) is 0.617. The molecule has 2 aromatic rings. The fourth-order valence-corrected chi connectivity index (χ4v) is 4.24. The number of amidine groups is 1. The second-order valence-electron chi connectivity index (χ2n) is 6.95. The van der Waals surface area contributed by atoms with E-state index in [2.05, 4.69) is 15.8 Å². The zero-order valence-corrected chi connectivity index (χ0v) is 19.5. The molecular weight excluding hydrogens is 466 g/mol. The van der Waals surface area contributed by atoms with Gasteiger partial charge in [-0.3, -0.25) is 24.8 Å². The summed E-state index contributed by atoms with van der Waals surface area (Å²) in [4.78, 5) is 28.7. The molecule has 172 valence electrons. The standard InChI is InChI=1S/C22H22ClN5O4S/c1-3-32-16-7-5-15(6-8-16)27-10-11-28-20(21(27)30)25-26-22(28)33-13-19(29)24-17-12-14(23)4-9-18(17)31-2/h4-12,20,25H,3,13H2,1-2H3,(H,24,29). The van der Waals surface area contributed by atoms with Gasteiger partial charge in [0, 0.05) is 23.1 Å². The Labute approximate surface area is 200 Å². The first-order valence-electron chi connectivity index (χ1n) is 10.1. The van der Waals surface area contributed by atoms with Gasteiger partial charge in [0.2, 0.25) is 12.1 Å². The summed E-state index contributed by atoms with van der Waals surface area (Å²) in [6.45, 7) is 2.49. The highest BCUT2D eigenvalue weighted by atomic mass is 35.5. The van der Waals surface area contributed by atoms with Crippen LogP contribution in [0.2, 0.25) is 5.02 Å². The molecule has 0 fully saturated rings. The summed E-state index contributed by atoms with van der Waals surface area (Å²) in [7, 11) is 1.52. The van der Waals surface area contributed by atoms with Crippen molar-refractivity contribution in [1.29, 1.82) is 0 Å². The van der Waals surface area contributed by atoms with Crippen molar-refractivity contribution in [3.05, 3.63) is 59.9 Å². The summed E-state index contributed by atoms with van der Waals surface area (Å²) >= 11 is 7.22. The fraction of sp³-hybridized carbons (Fsp3) is 0.227. The Morgan fingerprint density at radius 2 is 2.03 bits per heavy atom. The number of carbonyl (C=O) groups excluding carboxylic acids is 2. The number of anilines is 2. The van der Waals surface area contributed by atoms with Crippen LogP contribution >= 0.6 is 23.4 Å². The number of fused-ring (bicyclic) bond motifs is 1. The number of amides is 2.